The third-order valence-corrected chi connectivity index (χ3v) is 6.45. The first kappa shape index (κ1) is 30.3. The Kier molecular flexibility index (Phi) is 10.7. The van der Waals surface area contributed by atoms with Crippen LogP contribution in [0, 0.1) is 11.7 Å². The lowest BCUT2D eigenvalue weighted by Gasteiger charge is -2.19. The van der Waals surface area contributed by atoms with Crippen LogP contribution in [-0.4, -0.2) is 32.2 Å². The number of carbonyl (C=O) groups excluding carboxylic acids is 1. The zero-order valence-electron chi connectivity index (χ0n) is 21.3. The number of hydrogen-bond acceptors (Lipinski definition) is 5. The Morgan fingerprint density at radius 2 is 1.86 bits per heavy atom. The van der Waals surface area contributed by atoms with Gasteiger partial charge in [0.1, 0.15) is 11.5 Å². The van der Waals surface area contributed by atoms with Gasteiger partial charge in [0.15, 0.2) is 0 Å². The van der Waals surface area contributed by atoms with E-state index in [9.17, 15) is 30.8 Å². The second-order valence-electron chi connectivity index (χ2n) is 8.94. The summed E-state index contributed by atoms with van der Waals surface area (Å²) in [7, 11) is -3.68. The van der Waals surface area contributed by atoms with Gasteiger partial charge in [-0.1, -0.05) is 39.2 Å². The highest BCUT2D eigenvalue weighted by Gasteiger charge is 2.33. The van der Waals surface area contributed by atoms with E-state index < -0.39 is 39.5 Å². The van der Waals surface area contributed by atoms with E-state index in [1.165, 1.54) is 25.1 Å². The molecule has 2 unspecified atom stereocenters. The van der Waals surface area contributed by atoms with E-state index in [2.05, 4.69) is 17.2 Å². The summed E-state index contributed by atoms with van der Waals surface area (Å²) in [5.41, 5.74) is -0.776. The van der Waals surface area contributed by atoms with Gasteiger partial charge in [-0.25, -0.2) is 17.8 Å². The Labute approximate surface area is 215 Å². The third kappa shape index (κ3) is 9.49. The van der Waals surface area contributed by atoms with E-state index in [-0.39, 0.29) is 41.8 Å². The Morgan fingerprint density at radius 3 is 2.43 bits per heavy atom. The number of carbonyl (C=O) groups is 1. The molecule has 0 bridgehead atoms. The van der Waals surface area contributed by atoms with Gasteiger partial charge in [0.2, 0.25) is 21.8 Å². The molecule has 1 aromatic carbocycles. The minimum atomic E-state index is -4.65. The molecule has 2 atom stereocenters. The van der Waals surface area contributed by atoms with Crippen LogP contribution in [-0.2, 0) is 27.5 Å². The maximum absolute atomic E-state index is 14.3. The van der Waals surface area contributed by atoms with Gasteiger partial charge in [0, 0.05) is 12.1 Å². The zero-order valence-corrected chi connectivity index (χ0v) is 22.1. The van der Waals surface area contributed by atoms with Crippen molar-refractivity contribution in [2.75, 3.05) is 17.6 Å². The summed E-state index contributed by atoms with van der Waals surface area (Å²) < 4.78 is 84.4. The van der Waals surface area contributed by atoms with Gasteiger partial charge >= 0.3 is 6.18 Å². The molecule has 0 radical (unpaired) electrons. The number of nitrogens with zero attached hydrogens (tertiary/aromatic N) is 1. The normalized spacial score (nSPS) is 13.6. The van der Waals surface area contributed by atoms with Crippen LogP contribution in [0.4, 0.5) is 23.2 Å². The van der Waals surface area contributed by atoms with Crippen LogP contribution >= 0.6 is 0 Å². The lowest BCUT2D eigenvalue weighted by molar-refractivity contribution is -0.141. The Hall–Kier alpha value is -2.89. The number of rotatable bonds is 13. The van der Waals surface area contributed by atoms with Crippen molar-refractivity contribution in [1.82, 2.24) is 10.3 Å². The Bertz CT molecular complexity index is 1170. The molecule has 0 saturated heterocycles. The van der Waals surface area contributed by atoms with Gasteiger partial charge < -0.3 is 10.1 Å². The molecule has 7 nitrogen and oxygen atoms in total. The summed E-state index contributed by atoms with van der Waals surface area (Å²) >= 11 is 0. The van der Waals surface area contributed by atoms with Crippen molar-refractivity contribution < 1.29 is 35.5 Å². The summed E-state index contributed by atoms with van der Waals surface area (Å²) in [6.45, 7) is 5.62. The highest BCUT2D eigenvalue weighted by molar-refractivity contribution is 7.92. The van der Waals surface area contributed by atoms with E-state index in [0.29, 0.717) is 0 Å². The van der Waals surface area contributed by atoms with Crippen molar-refractivity contribution in [2.24, 2.45) is 5.92 Å². The average Bonchev–Trinajstić information content (AvgIpc) is 2.82. The average molecular weight is 548 g/mol. The predicted octanol–water partition coefficient (Wildman–Crippen LogP) is 5.63. The molecular formula is C25H33F4N3O4S. The number of nitrogens with one attached hydrogen (secondary N) is 2. The van der Waals surface area contributed by atoms with Gasteiger partial charge in [-0.15, -0.1) is 0 Å². The molecule has 12 heteroatoms. The number of hydrogen-bond donors (Lipinski definition) is 2. The standard InChI is InChI=1S/C25H33F4N3O4S/c1-5-7-8-17(6-2)15-36-24-19(10-12-22(31-24)25(27,28)29)14-30-23(33)16(3)18-9-11-21(20(26)13-18)32-37(4,34)35/h9-13,16-17,32H,5-8,14-15H2,1-4H3,(H,30,33). The number of unbranched alkanes of at least 4 members (excludes halogenated alkanes) is 1. The molecule has 206 valence electrons. The van der Waals surface area contributed by atoms with Crippen LogP contribution in [0.5, 0.6) is 5.88 Å². The molecule has 2 rings (SSSR count). The van der Waals surface area contributed by atoms with Crippen LogP contribution in [0.3, 0.4) is 0 Å². The Balaban J connectivity index is 2.15. The van der Waals surface area contributed by atoms with Crippen molar-refractivity contribution in [1.29, 1.82) is 0 Å². The van der Waals surface area contributed by atoms with Gasteiger partial charge in [-0.3, -0.25) is 9.52 Å². The fourth-order valence-electron chi connectivity index (χ4n) is 3.55. The molecule has 0 aliphatic carbocycles. The second-order valence-corrected chi connectivity index (χ2v) is 10.7. The number of anilines is 1. The van der Waals surface area contributed by atoms with Gasteiger partial charge in [-0.05, 0) is 49.1 Å². The molecule has 0 saturated carbocycles. The molecule has 1 aromatic heterocycles. The lowest BCUT2D eigenvalue weighted by Crippen LogP contribution is -2.28. The lowest BCUT2D eigenvalue weighted by atomic mass is 9.99. The van der Waals surface area contributed by atoms with Crippen LogP contribution in [0.2, 0.25) is 0 Å². The monoisotopic (exact) mass is 547 g/mol. The van der Waals surface area contributed by atoms with Gasteiger partial charge in [0.25, 0.3) is 0 Å². The van der Waals surface area contributed by atoms with E-state index in [1.807, 2.05) is 11.6 Å². The smallest absolute Gasteiger partial charge is 0.433 e. The molecule has 0 aliphatic rings. The summed E-state index contributed by atoms with van der Waals surface area (Å²) in [6.07, 6.45) is -0.109. The van der Waals surface area contributed by atoms with E-state index in [4.69, 9.17) is 4.74 Å². The Morgan fingerprint density at radius 1 is 1.16 bits per heavy atom. The van der Waals surface area contributed by atoms with Crippen molar-refractivity contribution in [2.45, 2.75) is 65.1 Å². The molecular weight excluding hydrogens is 514 g/mol. The largest absolute Gasteiger partial charge is 0.477 e. The summed E-state index contributed by atoms with van der Waals surface area (Å²) in [5, 5.41) is 2.63. The van der Waals surface area contributed by atoms with Crippen LogP contribution < -0.4 is 14.8 Å². The first-order valence-corrected chi connectivity index (χ1v) is 13.9. The quantitative estimate of drug-likeness (QED) is 0.317. The van der Waals surface area contributed by atoms with Crippen molar-refractivity contribution >= 4 is 21.6 Å². The van der Waals surface area contributed by atoms with Crippen LogP contribution in [0.1, 0.15) is 69.2 Å². The van der Waals surface area contributed by atoms with Crippen molar-refractivity contribution in [3.63, 3.8) is 0 Å². The molecule has 0 aliphatic heterocycles. The fraction of sp³-hybridized carbons (Fsp3) is 0.520. The van der Waals surface area contributed by atoms with E-state index in [0.717, 1.165) is 44.1 Å². The molecule has 1 heterocycles. The number of benzene rings is 1. The van der Waals surface area contributed by atoms with Gasteiger partial charge in [-0.2, -0.15) is 13.2 Å². The number of alkyl halides is 3. The minimum absolute atomic E-state index is 0.147. The van der Waals surface area contributed by atoms with Gasteiger partial charge in [0.05, 0.1) is 24.5 Å². The summed E-state index contributed by atoms with van der Waals surface area (Å²) in [5.74, 6) is -2.22. The molecule has 2 aromatic rings. The molecule has 37 heavy (non-hydrogen) atoms. The summed E-state index contributed by atoms with van der Waals surface area (Å²) in [6, 6.07) is 5.72. The topological polar surface area (TPSA) is 97.4 Å². The first-order chi connectivity index (χ1) is 17.2. The molecule has 1 amide bonds. The fourth-order valence-corrected chi connectivity index (χ4v) is 4.12. The van der Waals surface area contributed by atoms with Crippen molar-refractivity contribution in [3.8, 4) is 5.88 Å². The second kappa shape index (κ2) is 13.1. The molecule has 0 spiro atoms. The van der Waals surface area contributed by atoms with E-state index >= 15 is 0 Å². The maximum atomic E-state index is 14.3. The van der Waals surface area contributed by atoms with E-state index in [1.54, 1.807) is 0 Å². The van der Waals surface area contributed by atoms with Crippen LogP contribution in [0.15, 0.2) is 30.3 Å². The number of sulfonamides is 1. The third-order valence-electron chi connectivity index (χ3n) is 5.86. The highest BCUT2D eigenvalue weighted by atomic mass is 32.2. The SMILES string of the molecule is CCCCC(CC)COc1nc(C(F)(F)F)ccc1CNC(=O)C(C)c1ccc(NS(C)(=O)=O)c(F)c1. The minimum Gasteiger partial charge on any atom is -0.477 e. The predicted molar refractivity (Wildman–Crippen MR) is 133 cm³/mol. The number of amides is 1. The van der Waals surface area contributed by atoms with Crippen molar-refractivity contribution in [3.05, 3.63) is 53.0 Å². The number of aromatic nitrogens is 1. The zero-order chi connectivity index (χ0) is 27.8. The molecule has 2 N–H and O–H groups in total. The maximum Gasteiger partial charge on any atom is 0.433 e. The molecule has 0 fully saturated rings. The summed E-state index contributed by atoms with van der Waals surface area (Å²) in [4.78, 5) is 16.4. The number of halogens is 4. The van der Waals surface area contributed by atoms with Crippen LogP contribution in [0.25, 0.3) is 0 Å². The highest BCUT2D eigenvalue weighted by Crippen LogP contribution is 2.31. The first-order valence-electron chi connectivity index (χ1n) is 12.0. The number of ether oxygens (including phenoxy) is 1. The number of pyridine rings is 1.